The number of anilines is 2. The number of rotatable bonds is 10. The Kier molecular flexibility index (Phi) is 8.89. The first kappa shape index (κ1) is 32.4. The van der Waals surface area contributed by atoms with Crippen molar-refractivity contribution < 1.29 is 22.7 Å². The van der Waals surface area contributed by atoms with Gasteiger partial charge in [-0.1, -0.05) is 36.4 Å². The first-order chi connectivity index (χ1) is 23.7. The minimum absolute atomic E-state index is 0.241. The Hall–Kier alpha value is -5.10. The van der Waals surface area contributed by atoms with Gasteiger partial charge >= 0.3 is 0 Å². The third kappa shape index (κ3) is 6.28. The molecule has 2 aliphatic rings. The van der Waals surface area contributed by atoms with Crippen LogP contribution in [0.25, 0.3) is 10.8 Å². The topological polar surface area (TPSA) is 103 Å². The van der Waals surface area contributed by atoms with Crippen LogP contribution in [0.5, 0.6) is 5.75 Å². The first-order valence-electron chi connectivity index (χ1n) is 16.2. The molecule has 1 atom stereocenters. The van der Waals surface area contributed by atoms with Crippen molar-refractivity contribution in [2.45, 2.75) is 17.4 Å². The zero-order chi connectivity index (χ0) is 34.1. The van der Waals surface area contributed by atoms with Crippen molar-refractivity contribution in [2.75, 3.05) is 56.7 Å². The van der Waals surface area contributed by atoms with Crippen LogP contribution in [0, 0.1) is 0 Å². The van der Waals surface area contributed by atoms with E-state index >= 15 is 0 Å². The molecule has 0 bridgehead atoms. The zero-order valence-electron chi connectivity index (χ0n) is 27.4. The highest BCUT2D eigenvalue weighted by Gasteiger charge is 2.36. The Morgan fingerprint density at radius 3 is 2.10 bits per heavy atom. The molecule has 1 aromatic heterocycles. The van der Waals surface area contributed by atoms with E-state index in [4.69, 9.17) is 4.74 Å². The van der Waals surface area contributed by atoms with Gasteiger partial charge < -0.3 is 9.64 Å². The highest BCUT2D eigenvalue weighted by Crippen LogP contribution is 2.30. The van der Waals surface area contributed by atoms with Crippen LogP contribution in [-0.2, 0) is 16.4 Å². The van der Waals surface area contributed by atoms with E-state index in [2.05, 4.69) is 26.9 Å². The number of ether oxygens (including phenoxy) is 1. The highest BCUT2D eigenvalue weighted by atomic mass is 32.2. The van der Waals surface area contributed by atoms with Crippen LogP contribution >= 0.6 is 0 Å². The molecule has 250 valence electrons. The number of aromatic nitrogens is 1. The molecule has 49 heavy (non-hydrogen) atoms. The zero-order valence-corrected chi connectivity index (χ0v) is 28.2. The summed E-state index contributed by atoms with van der Waals surface area (Å²) < 4.78 is 35.4. The Balaban J connectivity index is 1.13. The second-order valence-electron chi connectivity index (χ2n) is 12.4. The van der Waals surface area contributed by atoms with E-state index in [1.165, 1.54) is 9.21 Å². The Labute approximate surface area is 286 Å². The smallest absolute Gasteiger partial charge is 0.266 e. The number of benzene rings is 4. The lowest BCUT2D eigenvalue weighted by atomic mass is 10.0. The number of imide groups is 1. The second-order valence-corrected chi connectivity index (χ2v) is 14.3. The van der Waals surface area contributed by atoms with Crippen molar-refractivity contribution in [1.29, 1.82) is 0 Å². The SMILES string of the molecule is COc1ccc(N2CCN(CC(Cc3ccc(N4C(=O)c5ccccc5C4=O)cc3)N(C)S(=O)(=O)c3cccc4cnccc34)CC2)cc1. The molecule has 1 unspecified atom stereocenters. The number of hydrogen-bond acceptors (Lipinski definition) is 8. The van der Waals surface area contributed by atoms with E-state index in [1.807, 2.05) is 30.3 Å². The maximum absolute atomic E-state index is 14.3. The van der Waals surface area contributed by atoms with Gasteiger partial charge in [-0.05, 0) is 72.6 Å². The quantitative estimate of drug-likeness (QED) is 0.189. The number of pyridine rings is 1. The number of carbonyl (C=O) groups excluding carboxylic acids is 2. The van der Waals surface area contributed by atoms with Crippen LogP contribution in [0.4, 0.5) is 11.4 Å². The molecule has 0 N–H and O–H groups in total. The number of likely N-dealkylation sites (N-methyl/N-ethyl adjacent to an activating group) is 1. The fourth-order valence-electron chi connectivity index (χ4n) is 6.73. The molecule has 4 aromatic carbocycles. The van der Waals surface area contributed by atoms with Crippen molar-refractivity contribution in [3.63, 3.8) is 0 Å². The number of hydrogen-bond donors (Lipinski definition) is 0. The van der Waals surface area contributed by atoms with Gasteiger partial charge in [-0.15, -0.1) is 0 Å². The number of piperazine rings is 1. The average Bonchev–Trinajstić information content (AvgIpc) is 3.40. The van der Waals surface area contributed by atoms with Gasteiger partial charge in [0.25, 0.3) is 11.8 Å². The fraction of sp³-hybridized carbons (Fsp3) is 0.237. The van der Waals surface area contributed by atoms with E-state index in [1.54, 1.807) is 81.1 Å². The predicted octanol–water partition coefficient (Wildman–Crippen LogP) is 5.10. The summed E-state index contributed by atoms with van der Waals surface area (Å²) in [5, 5.41) is 1.38. The molecule has 0 radical (unpaired) electrons. The van der Waals surface area contributed by atoms with Gasteiger partial charge in [-0.25, -0.2) is 13.3 Å². The first-order valence-corrected chi connectivity index (χ1v) is 17.7. The molecule has 7 rings (SSSR count). The van der Waals surface area contributed by atoms with Gasteiger partial charge in [0.15, 0.2) is 0 Å². The lowest BCUT2D eigenvalue weighted by molar-refractivity contribution is 0.0926. The lowest BCUT2D eigenvalue weighted by Gasteiger charge is -2.39. The van der Waals surface area contributed by atoms with Crippen molar-refractivity contribution in [2.24, 2.45) is 0 Å². The van der Waals surface area contributed by atoms with Gasteiger partial charge in [0, 0.05) is 74.7 Å². The minimum atomic E-state index is -3.90. The maximum Gasteiger partial charge on any atom is 0.266 e. The van der Waals surface area contributed by atoms with E-state index in [-0.39, 0.29) is 16.7 Å². The van der Waals surface area contributed by atoms with Crippen molar-refractivity contribution >= 4 is 44.0 Å². The highest BCUT2D eigenvalue weighted by molar-refractivity contribution is 7.89. The van der Waals surface area contributed by atoms with Crippen LogP contribution in [0.3, 0.4) is 0 Å². The van der Waals surface area contributed by atoms with Crippen LogP contribution in [0.2, 0.25) is 0 Å². The lowest BCUT2D eigenvalue weighted by Crippen LogP contribution is -2.52. The maximum atomic E-state index is 14.3. The Morgan fingerprint density at radius 2 is 1.45 bits per heavy atom. The molecule has 0 aliphatic carbocycles. The molecular weight excluding hydrogens is 639 g/mol. The average molecular weight is 676 g/mol. The summed E-state index contributed by atoms with van der Waals surface area (Å²) in [5.74, 6) is 0.112. The molecule has 5 aromatic rings. The van der Waals surface area contributed by atoms with Crippen molar-refractivity contribution in [3.05, 3.63) is 126 Å². The number of sulfonamides is 1. The van der Waals surface area contributed by atoms with E-state index in [0.717, 1.165) is 48.6 Å². The molecule has 0 spiro atoms. The van der Waals surface area contributed by atoms with Gasteiger partial charge in [-0.2, -0.15) is 4.31 Å². The Bertz CT molecular complexity index is 2070. The molecular formula is C38H37N5O5S. The summed E-state index contributed by atoms with van der Waals surface area (Å²) >= 11 is 0. The summed E-state index contributed by atoms with van der Waals surface area (Å²) in [6.07, 6.45) is 3.71. The number of amides is 2. The number of carbonyl (C=O) groups is 2. The Morgan fingerprint density at radius 1 is 0.796 bits per heavy atom. The summed E-state index contributed by atoms with van der Waals surface area (Å²) in [6.45, 7) is 3.68. The normalized spacial score (nSPS) is 16.0. The summed E-state index contributed by atoms with van der Waals surface area (Å²) in [5.41, 5.74) is 3.28. The van der Waals surface area contributed by atoms with Gasteiger partial charge in [0.1, 0.15) is 5.75 Å². The van der Waals surface area contributed by atoms with Crippen molar-refractivity contribution in [1.82, 2.24) is 14.2 Å². The number of fused-ring (bicyclic) bond motifs is 2. The van der Waals surface area contributed by atoms with E-state index in [0.29, 0.717) is 35.2 Å². The minimum Gasteiger partial charge on any atom is -0.497 e. The molecule has 1 saturated heterocycles. The van der Waals surface area contributed by atoms with Crippen LogP contribution in [0.1, 0.15) is 26.3 Å². The largest absolute Gasteiger partial charge is 0.497 e. The molecule has 0 saturated carbocycles. The second kappa shape index (κ2) is 13.4. The third-order valence-corrected chi connectivity index (χ3v) is 11.5. The summed E-state index contributed by atoms with van der Waals surface area (Å²) in [6, 6.07) is 28.7. The molecule has 11 heteroatoms. The molecule has 3 heterocycles. The number of methoxy groups -OCH3 is 1. The molecule has 1 fully saturated rings. The van der Waals surface area contributed by atoms with Crippen molar-refractivity contribution in [3.8, 4) is 5.75 Å². The number of nitrogens with zero attached hydrogens (tertiary/aromatic N) is 5. The molecule has 2 amide bonds. The third-order valence-electron chi connectivity index (χ3n) is 9.55. The van der Waals surface area contributed by atoms with E-state index < -0.39 is 16.1 Å². The monoisotopic (exact) mass is 675 g/mol. The predicted molar refractivity (Wildman–Crippen MR) is 190 cm³/mol. The summed E-state index contributed by atoms with van der Waals surface area (Å²) in [7, 11) is -0.595. The van der Waals surface area contributed by atoms with Crippen LogP contribution in [0.15, 0.2) is 114 Å². The van der Waals surface area contributed by atoms with Gasteiger partial charge in [0.05, 0.1) is 28.8 Å². The van der Waals surface area contributed by atoms with Crippen LogP contribution < -0.4 is 14.5 Å². The standard InChI is InChI=1S/C38H37N5O5S/c1-40(49(46,47)36-9-5-6-28-25-39-19-18-33(28)36)31(26-41-20-22-42(23-21-41)29-14-16-32(48-2)17-15-29)24-27-10-12-30(13-11-27)43-37(44)34-7-3-4-8-35(34)38(43)45/h3-19,25,31H,20-24,26H2,1-2H3. The van der Waals surface area contributed by atoms with E-state index in [9.17, 15) is 18.0 Å². The van der Waals surface area contributed by atoms with Gasteiger partial charge in [0.2, 0.25) is 10.0 Å². The fourth-order valence-corrected chi connectivity index (χ4v) is 8.29. The molecule has 2 aliphatic heterocycles. The van der Waals surface area contributed by atoms with Gasteiger partial charge in [-0.3, -0.25) is 19.5 Å². The summed E-state index contributed by atoms with van der Waals surface area (Å²) in [4.78, 5) is 36.4. The van der Waals surface area contributed by atoms with Crippen LogP contribution in [-0.4, -0.2) is 87.3 Å². The molecule has 10 nitrogen and oxygen atoms in total.